The Kier molecular flexibility index (Phi) is 59.8. The van der Waals surface area contributed by atoms with Gasteiger partial charge in [0.15, 0.2) is 0 Å². The number of quaternary nitrogens is 1. The van der Waals surface area contributed by atoms with E-state index in [4.69, 9.17) is 9.05 Å². The van der Waals surface area contributed by atoms with Gasteiger partial charge in [-0.2, -0.15) is 0 Å². The molecule has 0 aromatic heterocycles. The van der Waals surface area contributed by atoms with Gasteiger partial charge in [-0.1, -0.05) is 313 Å². The van der Waals surface area contributed by atoms with Gasteiger partial charge in [0.1, 0.15) is 13.2 Å². The molecule has 0 radical (unpaired) electrons. The molecule has 0 bridgehead atoms. The van der Waals surface area contributed by atoms with Crippen molar-refractivity contribution >= 4 is 13.7 Å². The molecular weight excluding hydrogens is 996 g/mol. The van der Waals surface area contributed by atoms with Crippen LogP contribution in [0.15, 0.2) is 48.6 Å². The molecule has 0 fully saturated rings. The number of allylic oxidation sites excluding steroid dienone is 7. The van der Waals surface area contributed by atoms with Crippen LogP contribution in [0.2, 0.25) is 0 Å². The zero-order valence-corrected chi connectivity index (χ0v) is 54.3. The number of carbonyl (C=O) groups is 1. The number of hydrogen-bond acceptors (Lipinski definition) is 5. The first-order chi connectivity index (χ1) is 38.5. The Labute approximate surface area is 492 Å². The van der Waals surface area contributed by atoms with E-state index in [2.05, 4.69) is 55.6 Å². The summed E-state index contributed by atoms with van der Waals surface area (Å²) in [4.78, 5) is 23.4. The molecule has 3 atom stereocenters. The molecule has 0 aliphatic rings. The zero-order valence-electron chi connectivity index (χ0n) is 53.4. The van der Waals surface area contributed by atoms with Gasteiger partial charge in [0.25, 0.3) is 0 Å². The fraction of sp³-hybridized carbons (Fsp3) is 0.871. The van der Waals surface area contributed by atoms with Crippen LogP contribution in [-0.2, 0) is 18.4 Å². The van der Waals surface area contributed by atoms with Gasteiger partial charge >= 0.3 is 7.82 Å². The third-order valence-electron chi connectivity index (χ3n) is 15.7. The molecule has 3 N–H and O–H groups in total. The maximum absolute atomic E-state index is 13.0. The van der Waals surface area contributed by atoms with Gasteiger partial charge < -0.3 is 19.8 Å². The van der Waals surface area contributed by atoms with Crippen molar-refractivity contribution in [3.8, 4) is 0 Å². The number of nitrogens with zero attached hydrogens (tertiary/aromatic N) is 1. The van der Waals surface area contributed by atoms with Gasteiger partial charge in [-0.25, -0.2) is 4.57 Å². The van der Waals surface area contributed by atoms with Gasteiger partial charge in [0.2, 0.25) is 5.91 Å². The summed E-state index contributed by atoms with van der Waals surface area (Å²) in [5, 5.41) is 14.0. The molecule has 0 spiro atoms. The second-order valence-electron chi connectivity index (χ2n) is 24.9. The largest absolute Gasteiger partial charge is 0.472 e. The van der Waals surface area contributed by atoms with Crippen LogP contribution < -0.4 is 5.32 Å². The van der Waals surface area contributed by atoms with Crippen LogP contribution in [0.4, 0.5) is 0 Å². The Balaban J connectivity index is 4.01. The lowest BCUT2D eigenvalue weighted by Crippen LogP contribution is -2.45. The number of amides is 1. The van der Waals surface area contributed by atoms with Crippen molar-refractivity contribution < 1.29 is 32.9 Å². The second kappa shape index (κ2) is 61.0. The minimum absolute atomic E-state index is 0.0541. The Bertz CT molecular complexity index is 1430. The van der Waals surface area contributed by atoms with E-state index in [1.54, 1.807) is 6.08 Å². The van der Waals surface area contributed by atoms with Crippen LogP contribution in [-0.4, -0.2) is 73.4 Å². The average Bonchev–Trinajstić information content (AvgIpc) is 3.42. The predicted molar refractivity (Wildman–Crippen MR) is 346 cm³/mol. The number of unbranched alkanes of at least 4 members (excludes halogenated alkanes) is 45. The molecule has 1 amide bonds. The van der Waals surface area contributed by atoms with E-state index in [1.165, 1.54) is 276 Å². The fourth-order valence-electron chi connectivity index (χ4n) is 10.4. The molecule has 0 aromatic carbocycles. The predicted octanol–water partition coefficient (Wildman–Crippen LogP) is 21.8. The molecule has 466 valence electrons. The van der Waals surface area contributed by atoms with E-state index in [0.717, 1.165) is 44.9 Å². The van der Waals surface area contributed by atoms with Crippen LogP contribution in [0.3, 0.4) is 0 Å². The summed E-state index contributed by atoms with van der Waals surface area (Å²) in [6, 6.07) is -0.871. The molecule has 0 saturated heterocycles. The Morgan fingerprint density at radius 3 is 1.01 bits per heavy atom. The molecule has 0 aromatic rings. The Morgan fingerprint density at radius 1 is 0.418 bits per heavy atom. The number of phosphoric ester groups is 1. The van der Waals surface area contributed by atoms with Crippen molar-refractivity contribution in [2.75, 3.05) is 40.9 Å². The van der Waals surface area contributed by atoms with E-state index in [1.807, 2.05) is 27.2 Å². The van der Waals surface area contributed by atoms with Crippen molar-refractivity contribution in [1.29, 1.82) is 0 Å². The fourth-order valence-corrected chi connectivity index (χ4v) is 11.1. The molecule has 0 aliphatic heterocycles. The summed E-state index contributed by atoms with van der Waals surface area (Å²) in [6.45, 7) is 4.83. The maximum Gasteiger partial charge on any atom is 0.472 e. The Morgan fingerprint density at radius 2 is 0.696 bits per heavy atom. The Hall–Kier alpha value is -1.54. The summed E-state index contributed by atoms with van der Waals surface area (Å²) in [7, 11) is 1.56. The van der Waals surface area contributed by atoms with E-state index in [9.17, 15) is 19.4 Å². The number of nitrogens with one attached hydrogen (secondary N) is 1. The van der Waals surface area contributed by atoms with Gasteiger partial charge in [0, 0.05) is 6.42 Å². The van der Waals surface area contributed by atoms with Gasteiger partial charge in [-0.05, 0) is 70.6 Å². The third kappa shape index (κ3) is 63.9. The highest BCUT2D eigenvalue weighted by molar-refractivity contribution is 7.47. The number of aliphatic hydroxyl groups excluding tert-OH is 1. The third-order valence-corrected chi connectivity index (χ3v) is 16.7. The van der Waals surface area contributed by atoms with Crippen LogP contribution in [0, 0.1) is 0 Å². The summed E-state index contributed by atoms with van der Waals surface area (Å²) >= 11 is 0. The SMILES string of the molecule is CCCCCCCCCCCC/C=C/CC/C=C/CC/C=C/C(O)C(COP(=O)(O)OCC[N+](C)(C)C)NC(=O)CCCCCCCCCCCCCCCCCCC/C=C\CCCCCCCCCCCCCCCCCC. The molecular formula is C70H136N2O6P+. The first-order valence-electron chi connectivity index (χ1n) is 34.5. The molecule has 8 nitrogen and oxygen atoms in total. The number of aliphatic hydroxyl groups is 1. The first kappa shape index (κ1) is 77.5. The van der Waals surface area contributed by atoms with E-state index < -0.39 is 20.0 Å². The van der Waals surface area contributed by atoms with E-state index in [-0.39, 0.29) is 19.1 Å². The summed E-state index contributed by atoms with van der Waals surface area (Å²) in [5.74, 6) is -0.186. The topological polar surface area (TPSA) is 105 Å². The van der Waals surface area contributed by atoms with E-state index in [0.29, 0.717) is 17.4 Å². The maximum atomic E-state index is 13.0. The molecule has 3 unspecified atom stereocenters. The number of carbonyl (C=O) groups excluding carboxylic acids is 1. The van der Waals surface area contributed by atoms with Crippen LogP contribution in [0.1, 0.15) is 341 Å². The van der Waals surface area contributed by atoms with Crippen LogP contribution >= 0.6 is 7.82 Å². The molecule has 0 heterocycles. The molecule has 0 rings (SSSR count). The number of rotatable bonds is 64. The average molecular weight is 1130 g/mol. The van der Waals surface area contributed by atoms with Crippen molar-refractivity contribution in [3.05, 3.63) is 48.6 Å². The lowest BCUT2D eigenvalue weighted by atomic mass is 10.0. The highest BCUT2D eigenvalue weighted by Gasteiger charge is 2.28. The van der Waals surface area contributed by atoms with Gasteiger partial charge in [-0.3, -0.25) is 13.8 Å². The minimum Gasteiger partial charge on any atom is -0.387 e. The van der Waals surface area contributed by atoms with Crippen molar-refractivity contribution in [3.63, 3.8) is 0 Å². The van der Waals surface area contributed by atoms with Gasteiger partial charge in [-0.15, -0.1) is 0 Å². The summed E-state index contributed by atoms with van der Waals surface area (Å²) < 4.78 is 23.8. The van der Waals surface area contributed by atoms with E-state index >= 15 is 0 Å². The summed E-state index contributed by atoms with van der Waals surface area (Å²) in [6.07, 6.45) is 82.7. The number of likely N-dealkylation sites (N-methyl/N-ethyl adjacent to an activating group) is 1. The minimum atomic E-state index is -4.36. The van der Waals surface area contributed by atoms with Crippen molar-refractivity contribution in [2.24, 2.45) is 0 Å². The molecule has 79 heavy (non-hydrogen) atoms. The second-order valence-corrected chi connectivity index (χ2v) is 26.3. The van der Waals surface area contributed by atoms with Crippen LogP contribution in [0.25, 0.3) is 0 Å². The summed E-state index contributed by atoms with van der Waals surface area (Å²) in [5.41, 5.74) is 0. The zero-order chi connectivity index (χ0) is 57.7. The smallest absolute Gasteiger partial charge is 0.387 e. The lowest BCUT2D eigenvalue weighted by Gasteiger charge is -2.25. The highest BCUT2D eigenvalue weighted by Crippen LogP contribution is 2.43. The molecule has 0 aliphatic carbocycles. The van der Waals surface area contributed by atoms with Crippen molar-refractivity contribution in [2.45, 2.75) is 353 Å². The normalized spacial score (nSPS) is 14.0. The molecule has 0 saturated carbocycles. The van der Waals surface area contributed by atoms with Crippen LogP contribution in [0.5, 0.6) is 0 Å². The van der Waals surface area contributed by atoms with Crippen molar-refractivity contribution in [1.82, 2.24) is 5.32 Å². The number of hydrogen-bond donors (Lipinski definition) is 3. The monoisotopic (exact) mass is 1130 g/mol. The standard InChI is InChI=1S/C70H135N2O6P/c1-6-8-10-12-14-16-18-20-22-24-26-28-29-30-31-32-33-34-35-36-37-38-39-40-41-42-43-44-46-48-50-52-54-56-58-60-62-64-70(74)71-68(67-78-79(75,76)77-66-65-72(3,4)5)69(73)63-61-59-57-55-53-51-49-47-45-27-25-23-21-19-17-15-13-11-9-7-2/h34-35,45,47,53,55,61,63,68-69,73H,6-33,36-44,46,48-52,54,56-60,62,64-67H2,1-5H3,(H-,71,74,75,76)/p+1/b35-34-,47-45+,55-53+,63-61+. The lowest BCUT2D eigenvalue weighted by molar-refractivity contribution is -0.870. The number of phosphoric acid groups is 1. The van der Waals surface area contributed by atoms with Gasteiger partial charge in [0.05, 0.1) is 39.9 Å². The molecule has 9 heteroatoms. The highest BCUT2D eigenvalue weighted by atomic mass is 31.2. The quantitative estimate of drug-likeness (QED) is 0.0243. The first-order valence-corrected chi connectivity index (χ1v) is 36.0.